The molecule has 3 aliphatic rings. The van der Waals surface area contributed by atoms with Crippen molar-refractivity contribution in [2.75, 3.05) is 63.4 Å². The van der Waals surface area contributed by atoms with E-state index in [1.165, 1.54) is 0 Å². The van der Waals surface area contributed by atoms with Gasteiger partial charge in [-0.2, -0.15) is 15.2 Å². The first-order chi connectivity index (χ1) is 17.7. The van der Waals surface area contributed by atoms with Gasteiger partial charge in [0.1, 0.15) is 30.7 Å². The first-order valence-electron chi connectivity index (χ1n) is 11.9. The molecule has 5 heterocycles. The van der Waals surface area contributed by atoms with Crippen LogP contribution in [0.25, 0.3) is 11.0 Å². The van der Waals surface area contributed by atoms with Crippen molar-refractivity contribution in [1.82, 2.24) is 19.9 Å². The molecule has 3 aromatic rings. The summed E-state index contributed by atoms with van der Waals surface area (Å²) < 4.78 is 22.7. The van der Waals surface area contributed by atoms with Gasteiger partial charge in [0, 0.05) is 25.9 Å². The number of aromatic amines is 1. The number of nitrogens with one attached hydrogen (secondary N) is 3. The molecule has 0 aliphatic carbocycles. The molecule has 0 saturated carbocycles. The summed E-state index contributed by atoms with van der Waals surface area (Å²) in [6.45, 7) is 4.04. The lowest BCUT2D eigenvalue weighted by atomic mass is 10.1. The third kappa shape index (κ3) is 4.12. The number of nitrogens with zero attached hydrogens (tertiary/aromatic N) is 4. The van der Waals surface area contributed by atoms with E-state index in [0.29, 0.717) is 104 Å². The third-order valence-corrected chi connectivity index (χ3v) is 6.39. The summed E-state index contributed by atoms with van der Waals surface area (Å²) >= 11 is 0. The van der Waals surface area contributed by atoms with Gasteiger partial charge in [-0.3, -0.25) is 4.79 Å². The largest absolute Gasteiger partial charge is 0.485 e. The number of benzene rings is 1. The van der Waals surface area contributed by atoms with Crippen LogP contribution in [0.4, 0.5) is 17.5 Å². The smallest absolute Gasteiger partial charge is 0.257 e. The van der Waals surface area contributed by atoms with E-state index in [2.05, 4.69) is 31.7 Å². The molecule has 12 nitrogen and oxygen atoms in total. The zero-order valence-electron chi connectivity index (χ0n) is 19.5. The average molecular weight is 492 g/mol. The van der Waals surface area contributed by atoms with E-state index >= 15 is 0 Å². The van der Waals surface area contributed by atoms with Crippen molar-refractivity contribution in [1.29, 1.82) is 5.26 Å². The number of carbonyl (C=O) groups is 1. The Morgan fingerprint density at radius 3 is 2.69 bits per heavy atom. The number of carbonyl (C=O) groups excluding carboxylic acids is 1. The lowest BCUT2D eigenvalue weighted by molar-refractivity contribution is 0.0298. The summed E-state index contributed by atoms with van der Waals surface area (Å²) in [6, 6.07) is 5.77. The zero-order chi connectivity index (χ0) is 24.5. The number of aromatic nitrogens is 3. The Morgan fingerprint density at radius 1 is 1.08 bits per heavy atom. The van der Waals surface area contributed by atoms with E-state index in [9.17, 15) is 10.1 Å². The molecule has 1 aromatic carbocycles. The van der Waals surface area contributed by atoms with Gasteiger partial charge in [-0.1, -0.05) is 0 Å². The molecular formula is C24H25N7O5. The fourth-order valence-electron chi connectivity index (χ4n) is 4.58. The van der Waals surface area contributed by atoms with Crippen molar-refractivity contribution < 1.29 is 23.7 Å². The highest BCUT2D eigenvalue weighted by Crippen LogP contribution is 2.42. The predicted molar refractivity (Wildman–Crippen MR) is 129 cm³/mol. The summed E-state index contributed by atoms with van der Waals surface area (Å²) in [7, 11) is 0. The van der Waals surface area contributed by atoms with Gasteiger partial charge in [-0.05, 0) is 18.6 Å². The minimum Gasteiger partial charge on any atom is -0.485 e. The van der Waals surface area contributed by atoms with E-state index in [1.807, 2.05) is 0 Å². The molecule has 2 saturated heterocycles. The number of hydrogen-bond donors (Lipinski definition) is 3. The van der Waals surface area contributed by atoms with Gasteiger partial charge in [-0.25, -0.2) is 0 Å². The van der Waals surface area contributed by atoms with Gasteiger partial charge < -0.3 is 39.5 Å². The summed E-state index contributed by atoms with van der Waals surface area (Å²) in [4.78, 5) is 27.2. The van der Waals surface area contributed by atoms with Crippen molar-refractivity contribution in [2.45, 2.75) is 12.5 Å². The van der Waals surface area contributed by atoms with Crippen LogP contribution in [-0.4, -0.2) is 84.5 Å². The molecule has 2 aromatic heterocycles. The highest BCUT2D eigenvalue weighted by atomic mass is 16.6. The molecule has 36 heavy (non-hydrogen) atoms. The number of hydrogen-bond acceptors (Lipinski definition) is 10. The molecule has 1 atom stereocenters. The van der Waals surface area contributed by atoms with Crippen molar-refractivity contribution in [2.24, 2.45) is 0 Å². The van der Waals surface area contributed by atoms with Gasteiger partial charge in [0.25, 0.3) is 5.91 Å². The average Bonchev–Trinajstić information content (AvgIpc) is 3.59. The molecule has 0 radical (unpaired) electrons. The molecule has 6 rings (SSSR count). The number of H-pyrrole nitrogens is 1. The molecule has 1 unspecified atom stereocenters. The van der Waals surface area contributed by atoms with E-state index in [1.54, 1.807) is 23.2 Å². The maximum absolute atomic E-state index is 13.2. The Hall–Kier alpha value is -4.08. The number of ether oxygens (including phenoxy) is 4. The number of amides is 1. The number of fused-ring (bicyclic) bond motifs is 2. The molecule has 3 N–H and O–H groups in total. The van der Waals surface area contributed by atoms with E-state index < -0.39 is 0 Å². The molecule has 12 heteroatoms. The second kappa shape index (κ2) is 9.52. The maximum Gasteiger partial charge on any atom is 0.257 e. The zero-order valence-corrected chi connectivity index (χ0v) is 19.5. The van der Waals surface area contributed by atoms with Crippen LogP contribution in [0, 0.1) is 11.3 Å². The van der Waals surface area contributed by atoms with Gasteiger partial charge in [0.2, 0.25) is 5.95 Å². The standard InChI is InChI=1S/C24H25N7O5/c25-11-14-12-26-21-18(14)22(27-15-3-6-34-13-15)30-24(29-21)28-17-2-1-16(19-20(17)36-10-9-35-19)23(32)31-4-7-33-8-5-31/h1-2,12,15H,3-10,13H2,(H3,26,27,28,29,30). The van der Waals surface area contributed by atoms with Crippen LogP contribution in [-0.2, 0) is 9.47 Å². The number of nitriles is 1. The van der Waals surface area contributed by atoms with Crippen LogP contribution < -0.4 is 20.1 Å². The topological polar surface area (TPSA) is 147 Å². The van der Waals surface area contributed by atoms with Crippen molar-refractivity contribution in [3.8, 4) is 17.6 Å². The summed E-state index contributed by atoms with van der Waals surface area (Å²) in [6.07, 6.45) is 2.46. The van der Waals surface area contributed by atoms with Gasteiger partial charge in [-0.15, -0.1) is 0 Å². The molecule has 186 valence electrons. The molecular weight excluding hydrogens is 466 g/mol. The highest BCUT2D eigenvalue weighted by Gasteiger charge is 2.28. The first-order valence-corrected chi connectivity index (χ1v) is 11.9. The van der Waals surface area contributed by atoms with E-state index in [-0.39, 0.29) is 11.9 Å². The van der Waals surface area contributed by atoms with Crippen LogP contribution in [0.5, 0.6) is 11.5 Å². The van der Waals surface area contributed by atoms with Crippen LogP contribution >= 0.6 is 0 Å². The fraction of sp³-hybridized carbons (Fsp3) is 0.417. The van der Waals surface area contributed by atoms with Crippen LogP contribution in [0.2, 0.25) is 0 Å². The minimum atomic E-state index is -0.120. The molecule has 2 fully saturated rings. The lowest BCUT2D eigenvalue weighted by Crippen LogP contribution is -2.41. The van der Waals surface area contributed by atoms with Crippen LogP contribution in [0.1, 0.15) is 22.3 Å². The van der Waals surface area contributed by atoms with Crippen LogP contribution in [0.15, 0.2) is 18.3 Å². The normalized spacial score (nSPS) is 19.2. The number of rotatable bonds is 5. The molecule has 0 bridgehead atoms. The summed E-state index contributed by atoms with van der Waals surface area (Å²) in [5.41, 5.74) is 2.00. The monoisotopic (exact) mass is 491 g/mol. The van der Waals surface area contributed by atoms with Gasteiger partial charge in [0.15, 0.2) is 11.5 Å². The van der Waals surface area contributed by atoms with Crippen molar-refractivity contribution in [3.63, 3.8) is 0 Å². The van der Waals surface area contributed by atoms with Crippen molar-refractivity contribution >= 4 is 34.4 Å². The summed E-state index contributed by atoms with van der Waals surface area (Å²) in [5, 5.41) is 16.8. The summed E-state index contributed by atoms with van der Waals surface area (Å²) in [5.74, 6) is 1.56. The maximum atomic E-state index is 13.2. The second-order valence-corrected chi connectivity index (χ2v) is 8.68. The SMILES string of the molecule is N#Cc1c[nH]c2nc(Nc3ccc(C(=O)N4CCOCC4)c4c3OCCO4)nc(NC3CCOC3)c12. The molecule has 1 amide bonds. The lowest BCUT2D eigenvalue weighted by Gasteiger charge is -2.29. The quantitative estimate of drug-likeness (QED) is 0.484. The molecule has 0 spiro atoms. The Kier molecular flexibility index (Phi) is 5.92. The fourth-order valence-corrected chi connectivity index (χ4v) is 4.58. The first kappa shape index (κ1) is 22.4. The van der Waals surface area contributed by atoms with Crippen molar-refractivity contribution in [3.05, 3.63) is 29.5 Å². The Morgan fingerprint density at radius 2 is 1.92 bits per heavy atom. The highest BCUT2D eigenvalue weighted by molar-refractivity contribution is 5.99. The minimum absolute atomic E-state index is 0.0902. The van der Waals surface area contributed by atoms with Gasteiger partial charge >= 0.3 is 0 Å². The Bertz CT molecular complexity index is 1340. The molecule has 3 aliphatic heterocycles. The Balaban J connectivity index is 1.35. The van der Waals surface area contributed by atoms with E-state index in [4.69, 9.17) is 18.9 Å². The van der Waals surface area contributed by atoms with E-state index in [0.717, 1.165) is 6.42 Å². The third-order valence-electron chi connectivity index (χ3n) is 6.39. The number of anilines is 3. The predicted octanol–water partition coefficient (Wildman–Crippen LogP) is 2.02. The van der Waals surface area contributed by atoms with Crippen LogP contribution in [0.3, 0.4) is 0 Å². The number of morpholine rings is 1. The Labute approximate surface area is 206 Å². The second-order valence-electron chi connectivity index (χ2n) is 8.68. The van der Waals surface area contributed by atoms with Gasteiger partial charge in [0.05, 0.1) is 48.1 Å².